The number of nitrogens with two attached hydrogens (primary N) is 1. The van der Waals surface area contributed by atoms with Crippen molar-refractivity contribution in [3.8, 4) is 28.5 Å². The Bertz CT molecular complexity index is 1180. The van der Waals surface area contributed by atoms with Crippen molar-refractivity contribution in [2.45, 2.75) is 18.9 Å². The number of hydrogen-bond acceptors (Lipinski definition) is 9. The molecule has 0 aliphatic carbocycles. The molecule has 1 fully saturated rings. The maximum atomic E-state index is 14.6. The van der Waals surface area contributed by atoms with E-state index in [0.29, 0.717) is 40.1 Å². The Hall–Kier alpha value is -3.84. The van der Waals surface area contributed by atoms with Crippen molar-refractivity contribution >= 4 is 17.7 Å². The third-order valence-corrected chi connectivity index (χ3v) is 5.65. The number of aromatic nitrogens is 4. The van der Waals surface area contributed by atoms with Gasteiger partial charge in [-0.15, -0.1) is 0 Å². The quantitative estimate of drug-likeness (QED) is 0.608. The Morgan fingerprint density at radius 2 is 1.85 bits per heavy atom. The van der Waals surface area contributed by atoms with Crippen LogP contribution in [0.1, 0.15) is 18.4 Å². The van der Waals surface area contributed by atoms with Gasteiger partial charge in [-0.1, -0.05) is 6.07 Å². The molecule has 9 nitrogen and oxygen atoms in total. The third-order valence-electron chi connectivity index (χ3n) is 5.65. The summed E-state index contributed by atoms with van der Waals surface area (Å²) < 4.78 is 14.6. The van der Waals surface area contributed by atoms with Crippen LogP contribution < -0.4 is 20.9 Å². The van der Waals surface area contributed by atoms with Gasteiger partial charge in [-0.05, 0) is 25.0 Å². The number of piperidine rings is 1. The van der Waals surface area contributed by atoms with Crippen molar-refractivity contribution in [2.24, 2.45) is 5.73 Å². The highest BCUT2D eigenvalue weighted by Gasteiger charge is 2.24. The van der Waals surface area contributed by atoms with Crippen LogP contribution in [0, 0.1) is 17.1 Å². The average molecular weight is 448 g/mol. The predicted molar refractivity (Wildman–Crippen MR) is 126 cm³/mol. The van der Waals surface area contributed by atoms with Gasteiger partial charge in [0.05, 0.1) is 16.8 Å². The first-order chi connectivity index (χ1) is 15.9. The molecule has 2 aromatic heterocycles. The van der Waals surface area contributed by atoms with Crippen molar-refractivity contribution in [2.75, 3.05) is 49.3 Å². The SMILES string of the molecule is CNc1nc(N2CCC(N)CC2)nc(-c2ccc(C#N)c(F)c2)c1-c1cnc(N(C)C)nc1. The first-order valence-corrected chi connectivity index (χ1v) is 10.7. The lowest BCUT2D eigenvalue weighted by atomic mass is 10.00. The van der Waals surface area contributed by atoms with Crippen LogP contribution >= 0.6 is 0 Å². The minimum atomic E-state index is -0.602. The van der Waals surface area contributed by atoms with Gasteiger partial charge in [-0.3, -0.25) is 0 Å². The first-order valence-electron chi connectivity index (χ1n) is 10.7. The summed E-state index contributed by atoms with van der Waals surface area (Å²) in [7, 11) is 5.50. The summed E-state index contributed by atoms with van der Waals surface area (Å²) in [5.74, 6) is 1.09. The van der Waals surface area contributed by atoms with Gasteiger partial charge < -0.3 is 20.9 Å². The monoisotopic (exact) mass is 447 g/mol. The molecule has 1 aromatic carbocycles. The molecule has 1 aliphatic heterocycles. The summed E-state index contributed by atoms with van der Waals surface area (Å²) in [6, 6.07) is 6.51. The number of rotatable bonds is 5. The fourth-order valence-electron chi connectivity index (χ4n) is 3.79. The zero-order chi connectivity index (χ0) is 23.5. The van der Waals surface area contributed by atoms with Gasteiger partial charge in [-0.2, -0.15) is 10.2 Å². The van der Waals surface area contributed by atoms with E-state index < -0.39 is 5.82 Å². The zero-order valence-corrected chi connectivity index (χ0v) is 18.9. The van der Waals surface area contributed by atoms with E-state index in [1.54, 1.807) is 30.4 Å². The van der Waals surface area contributed by atoms with Crippen molar-refractivity contribution in [1.82, 2.24) is 19.9 Å². The van der Waals surface area contributed by atoms with E-state index in [9.17, 15) is 4.39 Å². The molecule has 3 N–H and O–H groups in total. The highest BCUT2D eigenvalue weighted by molar-refractivity contribution is 5.88. The van der Waals surface area contributed by atoms with Gasteiger partial charge in [0.15, 0.2) is 0 Å². The number of benzene rings is 1. The Labute approximate surface area is 192 Å². The molecule has 4 rings (SSSR count). The normalized spacial score (nSPS) is 14.1. The minimum Gasteiger partial charge on any atom is -0.372 e. The summed E-state index contributed by atoms with van der Waals surface area (Å²) in [6.45, 7) is 1.48. The van der Waals surface area contributed by atoms with Crippen molar-refractivity contribution < 1.29 is 4.39 Å². The maximum Gasteiger partial charge on any atom is 0.227 e. The van der Waals surface area contributed by atoms with E-state index in [4.69, 9.17) is 21.0 Å². The van der Waals surface area contributed by atoms with Crippen molar-refractivity contribution in [1.29, 1.82) is 5.26 Å². The Balaban J connectivity index is 1.90. The van der Waals surface area contributed by atoms with Crippen molar-refractivity contribution in [3.63, 3.8) is 0 Å². The van der Waals surface area contributed by atoms with Gasteiger partial charge >= 0.3 is 0 Å². The summed E-state index contributed by atoms with van der Waals surface area (Å²) in [5.41, 5.74) is 8.46. The third kappa shape index (κ3) is 4.54. The van der Waals surface area contributed by atoms with Crippen LogP contribution in [-0.2, 0) is 0 Å². The molecule has 0 saturated carbocycles. The summed E-state index contributed by atoms with van der Waals surface area (Å²) in [4.78, 5) is 22.3. The molecule has 0 amide bonds. The molecule has 3 aromatic rings. The molecule has 1 saturated heterocycles. The summed E-state index contributed by atoms with van der Waals surface area (Å²) in [6.07, 6.45) is 5.09. The zero-order valence-electron chi connectivity index (χ0n) is 18.9. The number of hydrogen-bond donors (Lipinski definition) is 2. The van der Waals surface area contributed by atoms with Crippen molar-refractivity contribution in [3.05, 3.63) is 42.0 Å². The van der Waals surface area contributed by atoms with Gasteiger partial charge in [0, 0.05) is 63.8 Å². The average Bonchev–Trinajstić information content (AvgIpc) is 2.83. The molecule has 0 spiro atoms. The predicted octanol–water partition coefficient (Wildman–Crippen LogP) is 2.65. The van der Waals surface area contributed by atoms with Crippen LogP contribution in [0.15, 0.2) is 30.6 Å². The van der Waals surface area contributed by atoms with E-state index in [2.05, 4.69) is 20.2 Å². The van der Waals surface area contributed by atoms with Crippen LogP contribution in [0.25, 0.3) is 22.4 Å². The molecule has 170 valence electrons. The van der Waals surface area contributed by atoms with Gasteiger partial charge in [-0.25, -0.2) is 19.3 Å². The van der Waals surface area contributed by atoms with Gasteiger partial charge in [0.2, 0.25) is 11.9 Å². The molecule has 1 aliphatic rings. The van der Waals surface area contributed by atoms with Crippen LogP contribution in [0.3, 0.4) is 0 Å². The fourth-order valence-corrected chi connectivity index (χ4v) is 3.79. The number of nitriles is 1. The van der Waals surface area contributed by atoms with Gasteiger partial charge in [0.25, 0.3) is 0 Å². The smallest absolute Gasteiger partial charge is 0.227 e. The lowest BCUT2D eigenvalue weighted by Gasteiger charge is -2.31. The summed E-state index contributed by atoms with van der Waals surface area (Å²) >= 11 is 0. The van der Waals surface area contributed by atoms with Crippen LogP contribution in [0.2, 0.25) is 0 Å². The van der Waals surface area contributed by atoms with Crippen LogP contribution in [0.5, 0.6) is 0 Å². The maximum absolute atomic E-state index is 14.6. The molecule has 0 unspecified atom stereocenters. The van der Waals surface area contributed by atoms with Crippen LogP contribution in [0.4, 0.5) is 22.1 Å². The second-order valence-corrected chi connectivity index (χ2v) is 8.14. The van der Waals surface area contributed by atoms with E-state index in [1.807, 2.05) is 20.2 Å². The molecule has 0 bridgehead atoms. The number of anilines is 3. The highest BCUT2D eigenvalue weighted by atomic mass is 19.1. The molecule has 0 atom stereocenters. The molecule has 3 heterocycles. The van der Waals surface area contributed by atoms with E-state index >= 15 is 0 Å². The Morgan fingerprint density at radius 3 is 2.42 bits per heavy atom. The van der Waals surface area contributed by atoms with E-state index in [-0.39, 0.29) is 11.6 Å². The number of nitrogens with one attached hydrogen (secondary N) is 1. The molecular formula is C23H26FN9. The Morgan fingerprint density at radius 1 is 1.15 bits per heavy atom. The van der Waals surface area contributed by atoms with Gasteiger partial charge in [0.1, 0.15) is 17.7 Å². The van der Waals surface area contributed by atoms with Crippen LogP contribution in [-0.4, -0.2) is 60.2 Å². The summed E-state index contributed by atoms with van der Waals surface area (Å²) in [5, 5.41) is 12.3. The minimum absolute atomic E-state index is 0.0212. The highest BCUT2D eigenvalue weighted by Crippen LogP contribution is 2.37. The van der Waals surface area contributed by atoms with E-state index in [0.717, 1.165) is 25.9 Å². The molecule has 10 heteroatoms. The Kier molecular flexibility index (Phi) is 6.33. The standard InChI is InChI=1S/C23H26FN9/c1-27-21-19(16-12-28-22(29-13-16)32(2)3)20(14-4-5-15(11-25)18(24)10-14)30-23(31-21)33-8-6-17(26)7-9-33/h4-5,10,12-13,17H,6-9,26H2,1-3H3,(H,27,30,31). The molecule has 0 radical (unpaired) electrons. The number of nitrogens with zero attached hydrogens (tertiary/aromatic N) is 7. The lowest BCUT2D eigenvalue weighted by molar-refractivity contribution is 0.496. The second kappa shape index (κ2) is 9.34. The fraction of sp³-hybridized carbons (Fsp3) is 0.348. The largest absolute Gasteiger partial charge is 0.372 e. The molecule has 33 heavy (non-hydrogen) atoms. The first kappa shape index (κ1) is 22.4. The van der Waals surface area contributed by atoms with E-state index in [1.165, 1.54) is 12.1 Å². The second-order valence-electron chi connectivity index (χ2n) is 8.14. The molecular weight excluding hydrogens is 421 g/mol. The number of halogens is 1. The topological polar surface area (TPSA) is 120 Å². The lowest BCUT2D eigenvalue weighted by Crippen LogP contribution is -2.40.